The summed E-state index contributed by atoms with van der Waals surface area (Å²) in [6.45, 7) is 4.00. The number of carboxylic acid groups (broad SMARTS) is 1. The zero-order valence-corrected chi connectivity index (χ0v) is 13.6. The highest BCUT2D eigenvalue weighted by Crippen LogP contribution is 2.22. The minimum absolute atomic E-state index is 0.0382. The summed E-state index contributed by atoms with van der Waals surface area (Å²) in [5, 5.41) is 10.1. The molecule has 0 aliphatic carbocycles. The first-order chi connectivity index (χ1) is 10.3. The molecule has 0 fully saturated rings. The van der Waals surface area contributed by atoms with Crippen molar-refractivity contribution in [1.82, 2.24) is 9.97 Å². The van der Waals surface area contributed by atoms with Crippen LogP contribution in [-0.2, 0) is 10.0 Å². The third-order valence-electron chi connectivity index (χ3n) is 3.07. The van der Waals surface area contributed by atoms with E-state index >= 15 is 0 Å². The van der Waals surface area contributed by atoms with Gasteiger partial charge in [-0.25, -0.2) is 23.2 Å². The number of thiophene rings is 1. The molecule has 0 bridgehead atoms. The molecule has 9 heteroatoms. The second-order valence-corrected chi connectivity index (χ2v) is 7.29. The van der Waals surface area contributed by atoms with Crippen LogP contribution in [0.2, 0.25) is 0 Å². The van der Waals surface area contributed by atoms with Crippen molar-refractivity contribution in [3.05, 3.63) is 34.5 Å². The molecule has 0 spiro atoms. The number of carboxylic acids is 1. The lowest BCUT2D eigenvalue weighted by atomic mass is 10.1. The number of aromatic nitrogens is 2. The SMILES string of the molecule is CCC(C)c1ncc(NS(=O)(=O)c2csc(C(=O)O)c2)cn1. The zero-order valence-electron chi connectivity index (χ0n) is 12.0. The number of hydrogen-bond donors (Lipinski definition) is 2. The van der Waals surface area contributed by atoms with Crippen LogP contribution < -0.4 is 4.72 Å². The summed E-state index contributed by atoms with van der Waals surface area (Å²) in [5.74, 6) is -0.317. The largest absolute Gasteiger partial charge is 0.477 e. The minimum Gasteiger partial charge on any atom is -0.477 e. The van der Waals surface area contributed by atoms with Crippen LogP contribution in [0.1, 0.15) is 41.7 Å². The van der Waals surface area contributed by atoms with Crippen LogP contribution >= 0.6 is 11.3 Å². The molecule has 0 radical (unpaired) electrons. The van der Waals surface area contributed by atoms with Gasteiger partial charge in [-0.3, -0.25) is 4.72 Å². The van der Waals surface area contributed by atoms with Crippen molar-refractivity contribution in [1.29, 1.82) is 0 Å². The van der Waals surface area contributed by atoms with Crippen molar-refractivity contribution in [2.45, 2.75) is 31.1 Å². The molecule has 2 N–H and O–H groups in total. The average molecular weight is 341 g/mol. The van der Waals surface area contributed by atoms with E-state index in [-0.39, 0.29) is 21.4 Å². The molecule has 2 heterocycles. The Morgan fingerprint density at radius 3 is 2.55 bits per heavy atom. The summed E-state index contributed by atoms with van der Waals surface area (Å²) in [6, 6.07) is 1.11. The Kier molecular flexibility index (Phi) is 4.77. The van der Waals surface area contributed by atoms with Crippen LogP contribution in [-0.4, -0.2) is 29.5 Å². The maximum absolute atomic E-state index is 12.2. The Morgan fingerprint density at radius 1 is 1.41 bits per heavy atom. The Morgan fingerprint density at radius 2 is 2.05 bits per heavy atom. The molecule has 0 saturated heterocycles. The van der Waals surface area contributed by atoms with Crippen molar-refractivity contribution >= 4 is 33.0 Å². The second kappa shape index (κ2) is 6.41. The van der Waals surface area contributed by atoms with Gasteiger partial charge in [0.05, 0.1) is 23.0 Å². The van der Waals surface area contributed by atoms with Crippen molar-refractivity contribution in [2.24, 2.45) is 0 Å². The van der Waals surface area contributed by atoms with Gasteiger partial charge >= 0.3 is 5.97 Å². The first kappa shape index (κ1) is 16.4. The monoisotopic (exact) mass is 341 g/mol. The Bertz CT molecular complexity index is 769. The van der Waals surface area contributed by atoms with E-state index in [0.717, 1.165) is 23.8 Å². The van der Waals surface area contributed by atoms with E-state index in [9.17, 15) is 13.2 Å². The number of hydrogen-bond acceptors (Lipinski definition) is 6. The maximum atomic E-state index is 12.2. The molecule has 118 valence electrons. The quantitative estimate of drug-likeness (QED) is 0.835. The van der Waals surface area contributed by atoms with Gasteiger partial charge in [-0.1, -0.05) is 13.8 Å². The number of aromatic carboxylic acids is 1. The molecular formula is C13H15N3O4S2. The summed E-state index contributed by atoms with van der Waals surface area (Å²) in [6.07, 6.45) is 3.69. The normalized spacial score (nSPS) is 12.8. The number of carbonyl (C=O) groups is 1. The Labute approximate surface area is 132 Å². The number of sulfonamides is 1. The highest BCUT2D eigenvalue weighted by molar-refractivity contribution is 7.92. The third-order valence-corrected chi connectivity index (χ3v) is 5.50. The molecule has 1 unspecified atom stereocenters. The van der Waals surface area contributed by atoms with E-state index in [4.69, 9.17) is 5.11 Å². The number of anilines is 1. The predicted molar refractivity (Wildman–Crippen MR) is 82.8 cm³/mol. The molecule has 0 aliphatic heterocycles. The molecule has 1 atom stereocenters. The van der Waals surface area contributed by atoms with Crippen molar-refractivity contribution < 1.29 is 18.3 Å². The van der Waals surface area contributed by atoms with E-state index in [2.05, 4.69) is 14.7 Å². The molecule has 0 amide bonds. The summed E-state index contributed by atoms with van der Waals surface area (Å²) >= 11 is 0.854. The molecule has 0 saturated carbocycles. The topological polar surface area (TPSA) is 109 Å². The third kappa shape index (κ3) is 3.60. The van der Waals surface area contributed by atoms with Crippen molar-refractivity contribution in [3.8, 4) is 0 Å². The highest BCUT2D eigenvalue weighted by Gasteiger charge is 2.19. The zero-order chi connectivity index (χ0) is 16.3. The molecule has 2 aromatic rings. The minimum atomic E-state index is -3.85. The highest BCUT2D eigenvalue weighted by atomic mass is 32.2. The van der Waals surface area contributed by atoms with Crippen LogP contribution in [0.3, 0.4) is 0 Å². The van der Waals surface area contributed by atoms with E-state index in [0.29, 0.717) is 5.82 Å². The number of nitrogens with one attached hydrogen (secondary N) is 1. The number of rotatable bonds is 6. The molecular weight excluding hydrogens is 326 g/mol. The molecule has 2 aromatic heterocycles. The summed E-state index contributed by atoms with van der Waals surface area (Å²) < 4.78 is 26.7. The number of nitrogens with zero attached hydrogens (tertiary/aromatic N) is 2. The van der Waals surface area contributed by atoms with E-state index in [1.54, 1.807) is 0 Å². The van der Waals surface area contributed by atoms with Crippen LogP contribution in [0.25, 0.3) is 0 Å². The molecule has 22 heavy (non-hydrogen) atoms. The first-order valence-electron chi connectivity index (χ1n) is 6.50. The van der Waals surface area contributed by atoms with Gasteiger partial charge in [-0.15, -0.1) is 11.3 Å². The Hall–Kier alpha value is -2.00. The van der Waals surface area contributed by atoms with E-state index < -0.39 is 16.0 Å². The molecule has 0 aromatic carbocycles. The van der Waals surface area contributed by atoms with Gasteiger partial charge in [-0.05, 0) is 12.5 Å². The van der Waals surface area contributed by atoms with Crippen molar-refractivity contribution in [3.63, 3.8) is 0 Å². The van der Waals surface area contributed by atoms with Gasteiger partial charge < -0.3 is 5.11 Å². The lowest BCUT2D eigenvalue weighted by Gasteiger charge is -2.09. The van der Waals surface area contributed by atoms with Gasteiger partial charge in [0.1, 0.15) is 10.7 Å². The van der Waals surface area contributed by atoms with E-state index in [1.165, 1.54) is 17.8 Å². The summed E-state index contributed by atoms with van der Waals surface area (Å²) in [5.41, 5.74) is 0.232. The van der Waals surface area contributed by atoms with Gasteiger partial charge in [0.25, 0.3) is 10.0 Å². The van der Waals surface area contributed by atoms with Gasteiger partial charge in [0, 0.05) is 11.3 Å². The predicted octanol–water partition coefficient (Wildman–Crippen LogP) is 2.55. The van der Waals surface area contributed by atoms with Crippen LogP contribution in [0, 0.1) is 0 Å². The lowest BCUT2D eigenvalue weighted by molar-refractivity contribution is 0.0702. The standard InChI is InChI=1S/C13H15N3O4S2/c1-3-8(2)12-14-5-9(6-15-12)16-22(19,20)10-4-11(13(17)18)21-7-10/h4-8,16H,3H2,1-2H3,(H,17,18). The van der Waals surface area contributed by atoms with Crippen molar-refractivity contribution in [2.75, 3.05) is 4.72 Å². The fourth-order valence-electron chi connectivity index (χ4n) is 1.61. The first-order valence-corrected chi connectivity index (χ1v) is 8.86. The summed E-state index contributed by atoms with van der Waals surface area (Å²) in [4.78, 5) is 18.9. The van der Waals surface area contributed by atoms with Crippen LogP contribution in [0.4, 0.5) is 5.69 Å². The fourth-order valence-corrected chi connectivity index (χ4v) is 3.75. The molecule has 7 nitrogen and oxygen atoms in total. The molecule has 2 rings (SSSR count). The maximum Gasteiger partial charge on any atom is 0.345 e. The lowest BCUT2D eigenvalue weighted by Crippen LogP contribution is -2.13. The fraction of sp³-hybridized carbons (Fsp3) is 0.308. The second-order valence-electron chi connectivity index (χ2n) is 4.70. The smallest absolute Gasteiger partial charge is 0.345 e. The summed E-state index contributed by atoms with van der Waals surface area (Å²) in [7, 11) is -3.85. The van der Waals surface area contributed by atoms with Crippen LogP contribution in [0.5, 0.6) is 0 Å². The van der Waals surface area contributed by atoms with Gasteiger partial charge in [-0.2, -0.15) is 0 Å². The van der Waals surface area contributed by atoms with Gasteiger partial charge in [0.15, 0.2) is 0 Å². The average Bonchev–Trinajstić information content (AvgIpc) is 2.98. The van der Waals surface area contributed by atoms with E-state index in [1.807, 2.05) is 13.8 Å². The van der Waals surface area contributed by atoms with Gasteiger partial charge in [0.2, 0.25) is 0 Å². The Balaban J connectivity index is 2.19. The van der Waals surface area contributed by atoms with Crippen LogP contribution in [0.15, 0.2) is 28.7 Å². The molecule has 0 aliphatic rings.